The van der Waals surface area contributed by atoms with Crippen LogP contribution in [0.2, 0.25) is 5.15 Å². The molecule has 0 saturated heterocycles. The average molecular weight is 197 g/mol. The zero-order chi connectivity index (χ0) is 9.10. The second-order valence-electron chi connectivity index (χ2n) is 3.60. The van der Waals surface area contributed by atoms with E-state index >= 15 is 0 Å². The predicted molar refractivity (Wildman–Crippen MR) is 52.9 cm³/mol. The molecule has 0 N–H and O–H groups in total. The Labute approximate surface area is 83.4 Å². The Morgan fingerprint density at radius 3 is 2.46 bits per heavy atom. The Morgan fingerprint density at radius 2 is 1.85 bits per heavy atom. The van der Waals surface area contributed by atoms with Gasteiger partial charge in [0.25, 0.3) is 0 Å². The molecule has 1 aromatic rings. The van der Waals surface area contributed by atoms with Gasteiger partial charge in [-0.15, -0.1) is 0 Å². The summed E-state index contributed by atoms with van der Waals surface area (Å²) in [5.41, 5.74) is 1.11. The lowest BCUT2D eigenvalue weighted by Crippen LogP contribution is -2.06. The minimum Gasteiger partial charge on any atom is -0.256 e. The first-order chi connectivity index (χ1) is 6.36. The van der Waals surface area contributed by atoms with E-state index in [1.807, 2.05) is 6.20 Å². The Hall–Kier alpha value is -0.630. The smallest absolute Gasteiger partial charge is 0.147 e. The van der Waals surface area contributed by atoms with Crippen molar-refractivity contribution in [1.29, 1.82) is 0 Å². The molecule has 0 amide bonds. The fraction of sp³-hybridized carbons (Fsp3) is 0.600. The molecule has 3 heteroatoms. The Morgan fingerprint density at radius 1 is 1.08 bits per heavy atom. The van der Waals surface area contributed by atoms with Gasteiger partial charge < -0.3 is 0 Å². The van der Waals surface area contributed by atoms with Crippen LogP contribution in [0, 0.1) is 0 Å². The molecule has 0 aromatic carbocycles. The van der Waals surface area contributed by atoms with Gasteiger partial charge in [0.15, 0.2) is 0 Å². The maximum atomic E-state index is 5.68. The molecule has 1 saturated carbocycles. The van der Waals surface area contributed by atoms with E-state index in [-0.39, 0.29) is 0 Å². The molecule has 1 heterocycles. The maximum Gasteiger partial charge on any atom is 0.147 e. The summed E-state index contributed by atoms with van der Waals surface area (Å²) >= 11 is 5.68. The molecule has 0 bridgehead atoms. The Bertz CT molecular complexity index is 265. The summed E-state index contributed by atoms with van der Waals surface area (Å²) in [5.74, 6) is 0.624. The normalized spacial score (nSPS) is 18.8. The van der Waals surface area contributed by atoms with Crippen LogP contribution in [0.5, 0.6) is 0 Å². The summed E-state index contributed by atoms with van der Waals surface area (Å²) in [5, 5.41) is 0.486. The van der Waals surface area contributed by atoms with Crippen LogP contribution >= 0.6 is 11.6 Å². The van der Waals surface area contributed by atoms with Crippen molar-refractivity contribution >= 4 is 11.6 Å². The third kappa shape index (κ3) is 2.19. The predicted octanol–water partition coefficient (Wildman–Crippen LogP) is 3.18. The number of nitrogens with zero attached hydrogens (tertiary/aromatic N) is 2. The molecule has 1 aliphatic carbocycles. The molecule has 0 atom stereocenters. The van der Waals surface area contributed by atoms with E-state index in [1.165, 1.54) is 32.1 Å². The minimum absolute atomic E-state index is 0.486. The summed E-state index contributed by atoms with van der Waals surface area (Å²) in [4.78, 5) is 8.36. The van der Waals surface area contributed by atoms with Gasteiger partial charge >= 0.3 is 0 Å². The fourth-order valence-electron chi connectivity index (χ4n) is 1.93. The molecule has 70 valence electrons. The molecule has 0 spiro atoms. The van der Waals surface area contributed by atoms with E-state index in [4.69, 9.17) is 11.6 Å². The van der Waals surface area contributed by atoms with Gasteiger partial charge in [0.2, 0.25) is 0 Å². The van der Waals surface area contributed by atoms with E-state index in [9.17, 15) is 0 Å². The van der Waals surface area contributed by atoms with Gasteiger partial charge in [0, 0.05) is 5.92 Å². The van der Waals surface area contributed by atoms with E-state index in [1.54, 1.807) is 6.20 Å². The second kappa shape index (κ2) is 4.05. The zero-order valence-corrected chi connectivity index (χ0v) is 8.30. The summed E-state index contributed by atoms with van der Waals surface area (Å²) in [6, 6.07) is 0. The molecule has 0 aliphatic heterocycles. The van der Waals surface area contributed by atoms with Crippen LogP contribution in [0.1, 0.15) is 43.7 Å². The second-order valence-corrected chi connectivity index (χ2v) is 3.99. The van der Waals surface area contributed by atoms with E-state index in [0.29, 0.717) is 11.1 Å². The van der Waals surface area contributed by atoms with Crippen LogP contribution in [0.15, 0.2) is 12.4 Å². The van der Waals surface area contributed by atoms with Crippen LogP contribution in [-0.2, 0) is 0 Å². The Kier molecular flexibility index (Phi) is 2.79. The molecule has 1 aliphatic rings. The van der Waals surface area contributed by atoms with Gasteiger partial charge in [0.1, 0.15) is 5.15 Å². The number of hydrogen-bond acceptors (Lipinski definition) is 2. The lowest BCUT2D eigenvalue weighted by atomic mass is 9.87. The SMILES string of the molecule is Clc1cnc(C2CCCCC2)cn1. The van der Waals surface area contributed by atoms with Crippen LogP contribution in [0.25, 0.3) is 0 Å². The van der Waals surface area contributed by atoms with Gasteiger partial charge in [-0.05, 0) is 12.8 Å². The van der Waals surface area contributed by atoms with Crippen molar-refractivity contribution in [2.75, 3.05) is 0 Å². The first-order valence-corrected chi connectivity index (χ1v) is 5.21. The molecular formula is C10H13ClN2. The van der Waals surface area contributed by atoms with E-state index in [2.05, 4.69) is 9.97 Å². The van der Waals surface area contributed by atoms with E-state index < -0.39 is 0 Å². The zero-order valence-electron chi connectivity index (χ0n) is 7.54. The largest absolute Gasteiger partial charge is 0.256 e. The Balaban J connectivity index is 2.10. The summed E-state index contributed by atoms with van der Waals surface area (Å²) < 4.78 is 0. The summed E-state index contributed by atoms with van der Waals surface area (Å²) in [6.45, 7) is 0. The fourth-order valence-corrected chi connectivity index (χ4v) is 2.03. The van der Waals surface area contributed by atoms with Crippen LogP contribution < -0.4 is 0 Å². The quantitative estimate of drug-likeness (QED) is 0.690. The molecule has 1 aromatic heterocycles. The lowest BCUT2D eigenvalue weighted by Gasteiger charge is -2.20. The average Bonchev–Trinajstić information content (AvgIpc) is 2.20. The number of halogens is 1. The van der Waals surface area contributed by atoms with Crippen molar-refractivity contribution in [2.24, 2.45) is 0 Å². The molecule has 0 unspecified atom stereocenters. The first-order valence-electron chi connectivity index (χ1n) is 4.84. The van der Waals surface area contributed by atoms with Crippen molar-refractivity contribution in [2.45, 2.75) is 38.0 Å². The van der Waals surface area contributed by atoms with Crippen molar-refractivity contribution in [3.05, 3.63) is 23.2 Å². The molecule has 1 fully saturated rings. The number of hydrogen-bond donors (Lipinski definition) is 0. The summed E-state index contributed by atoms with van der Waals surface area (Å²) in [7, 11) is 0. The van der Waals surface area contributed by atoms with Crippen LogP contribution in [0.4, 0.5) is 0 Å². The van der Waals surface area contributed by atoms with Crippen LogP contribution in [0.3, 0.4) is 0 Å². The van der Waals surface area contributed by atoms with Crippen LogP contribution in [-0.4, -0.2) is 9.97 Å². The lowest BCUT2D eigenvalue weighted by molar-refractivity contribution is 0.436. The maximum absolute atomic E-state index is 5.68. The standard InChI is InChI=1S/C10H13ClN2/c11-10-7-12-9(6-13-10)8-4-2-1-3-5-8/h6-8H,1-5H2. The topological polar surface area (TPSA) is 25.8 Å². The summed E-state index contributed by atoms with van der Waals surface area (Å²) in [6.07, 6.45) is 10.0. The van der Waals surface area contributed by atoms with Gasteiger partial charge in [0.05, 0.1) is 18.1 Å². The van der Waals surface area contributed by atoms with Crippen molar-refractivity contribution in [3.8, 4) is 0 Å². The molecular weight excluding hydrogens is 184 g/mol. The number of aromatic nitrogens is 2. The van der Waals surface area contributed by atoms with Gasteiger partial charge in [-0.2, -0.15) is 0 Å². The van der Waals surface area contributed by atoms with Gasteiger partial charge in [-0.1, -0.05) is 30.9 Å². The molecule has 2 nitrogen and oxygen atoms in total. The molecule has 2 rings (SSSR count). The van der Waals surface area contributed by atoms with Crippen molar-refractivity contribution < 1.29 is 0 Å². The third-order valence-corrected chi connectivity index (χ3v) is 2.86. The molecule has 0 radical (unpaired) electrons. The highest BCUT2D eigenvalue weighted by Gasteiger charge is 2.16. The first kappa shape index (κ1) is 8.95. The van der Waals surface area contributed by atoms with Crippen molar-refractivity contribution in [3.63, 3.8) is 0 Å². The highest BCUT2D eigenvalue weighted by molar-refractivity contribution is 6.29. The monoisotopic (exact) mass is 196 g/mol. The van der Waals surface area contributed by atoms with E-state index in [0.717, 1.165) is 5.69 Å². The highest BCUT2D eigenvalue weighted by Crippen LogP contribution is 2.31. The minimum atomic E-state index is 0.486. The van der Waals surface area contributed by atoms with Gasteiger partial charge in [-0.3, -0.25) is 4.98 Å². The van der Waals surface area contributed by atoms with Crippen molar-refractivity contribution in [1.82, 2.24) is 9.97 Å². The molecule has 13 heavy (non-hydrogen) atoms. The third-order valence-electron chi connectivity index (χ3n) is 2.66. The highest BCUT2D eigenvalue weighted by atomic mass is 35.5. The number of rotatable bonds is 1. The van der Waals surface area contributed by atoms with Gasteiger partial charge in [-0.25, -0.2) is 4.98 Å².